The molecule has 98 valence electrons. The van der Waals surface area contributed by atoms with Gasteiger partial charge in [0.1, 0.15) is 5.69 Å². The van der Waals surface area contributed by atoms with Crippen molar-refractivity contribution in [3.05, 3.63) is 23.5 Å². The van der Waals surface area contributed by atoms with Gasteiger partial charge in [0.2, 0.25) is 0 Å². The van der Waals surface area contributed by atoms with Crippen LogP contribution in [0.15, 0.2) is 12.3 Å². The number of ketones is 1. The lowest BCUT2D eigenvalue weighted by Crippen LogP contribution is -2.38. The molecular formula is C13H17NO3S. The summed E-state index contributed by atoms with van der Waals surface area (Å²) in [5.41, 5.74) is 0.684. The number of carbonyl (C=O) groups excluding carboxylic acids is 1. The van der Waals surface area contributed by atoms with Crippen LogP contribution in [0.3, 0.4) is 0 Å². The van der Waals surface area contributed by atoms with Gasteiger partial charge in [0.25, 0.3) is 0 Å². The van der Waals surface area contributed by atoms with Crippen molar-refractivity contribution in [3.8, 4) is 0 Å². The fourth-order valence-electron chi connectivity index (χ4n) is 2.32. The van der Waals surface area contributed by atoms with Crippen molar-refractivity contribution in [2.45, 2.75) is 37.5 Å². The van der Waals surface area contributed by atoms with Crippen LogP contribution >= 0.6 is 11.8 Å². The highest BCUT2D eigenvalue weighted by Gasteiger charge is 2.37. The van der Waals surface area contributed by atoms with Gasteiger partial charge in [0, 0.05) is 23.1 Å². The standard InChI is InChI=1S/C13H17NO3S/c1-9(15)10-6-11(12(16)17)14(7-10)8-13(18-2)4-3-5-13/h6-7H,3-5,8H2,1-2H3,(H,16,17). The van der Waals surface area contributed by atoms with Crippen LogP contribution in [0, 0.1) is 0 Å². The second-order valence-electron chi connectivity index (χ2n) is 4.84. The summed E-state index contributed by atoms with van der Waals surface area (Å²) in [6.07, 6.45) is 7.16. The van der Waals surface area contributed by atoms with Crippen LogP contribution in [-0.4, -0.2) is 32.4 Å². The highest BCUT2D eigenvalue weighted by Crippen LogP contribution is 2.44. The van der Waals surface area contributed by atoms with E-state index in [0.717, 1.165) is 12.8 Å². The highest BCUT2D eigenvalue weighted by atomic mass is 32.2. The molecule has 0 unspecified atom stereocenters. The second kappa shape index (κ2) is 4.80. The number of Topliss-reactive ketones (excluding diaryl/α,β-unsaturated/α-hetero) is 1. The third kappa shape index (κ3) is 2.32. The first-order chi connectivity index (χ1) is 8.47. The van der Waals surface area contributed by atoms with E-state index in [1.807, 2.05) is 0 Å². The van der Waals surface area contributed by atoms with Crippen LogP contribution in [-0.2, 0) is 6.54 Å². The first kappa shape index (κ1) is 13.2. The molecule has 1 saturated carbocycles. The zero-order valence-corrected chi connectivity index (χ0v) is 11.4. The predicted octanol–water partition coefficient (Wildman–Crippen LogP) is 2.67. The number of hydrogen-bond donors (Lipinski definition) is 1. The minimum Gasteiger partial charge on any atom is -0.477 e. The second-order valence-corrected chi connectivity index (χ2v) is 6.12. The number of hydrogen-bond acceptors (Lipinski definition) is 3. The molecule has 1 N–H and O–H groups in total. The Morgan fingerprint density at radius 1 is 1.50 bits per heavy atom. The molecule has 0 spiro atoms. The third-order valence-corrected chi connectivity index (χ3v) is 5.08. The normalized spacial score (nSPS) is 17.2. The summed E-state index contributed by atoms with van der Waals surface area (Å²) >= 11 is 1.79. The first-order valence-electron chi connectivity index (χ1n) is 5.97. The topological polar surface area (TPSA) is 59.3 Å². The minimum absolute atomic E-state index is 0.0944. The van der Waals surface area contributed by atoms with Crippen molar-refractivity contribution in [2.24, 2.45) is 0 Å². The minimum atomic E-state index is -0.974. The molecule has 0 amide bonds. The van der Waals surface area contributed by atoms with Crippen LogP contribution in [0.2, 0.25) is 0 Å². The molecule has 4 nitrogen and oxygen atoms in total. The Morgan fingerprint density at radius 2 is 2.17 bits per heavy atom. The molecule has 18 heavy (non-hydrogen) atoms. The van der Waals surface area contributed by atoms with Crippen molar-refractivity contribution in [2.75, 3.05) is 6.26 Å². The smallest absolute Gasteiger partial charge is 0.352 e. The van der Waals surface area contributed by atoms with Crippen molar-refractivity contribution >= 4 is 23.5 Å². The van der Waals surface area contributed by atoms with Crippen molar-refractivity contribution in [1.29, 1.82) is 0 Å². The van der Waals surface area contributed by atoms with Gasteiger partial charge >= 0.3 is 5.97 Å². The molecule has 0 radical (unpaired) electrons. The van der Waals surface area contributed by atoms with E-state index in [2.05, 4.69) is 6.26 Å². The number of nitrogens with zero attached hydrogens (tertiary/aromatic N) is 1. The summed E-state index contributed by atoms with van der Waals surface area (Å²) < 4.78 is 1.87. The van der Waals surface area contributed by atoms with Crippen molar-refractivity contribution in [1.82, 2.24) is 4.57 Å². The summed E-state index contributed by atoms with van der Waals surface area (Å²) in [6.45, 7) is 2.13. The summed E-state index contributed by atoms with van der Waals surface area (Å²) in [4.78, 5) is 22.5. The van der Waals surface area contributed by atoms with Gasteiger partial charge in [0.15, 0.2) is 5.78 Å². The van der Waals surface area contributed by atoms with Gasteiger partial charge in [-0.3, -0.25) is 4.79 Å². The Hall–Kier alpha value is -1.23. The molecule has 1 aromatic heterocycles. The van der Waals surface area contributed by atoms with Gasteiger partial charge in [-0.15, -0.1) is 0 Å². The number of carboxylic acid groups (broad SMARTS) is 1. The maximum atomic E-state index is 11.3. The third-order valence-electron chi connectivity index (χ3n) is 3.68. The zero-order valence-electron chi connectivity index (χ0n) is 10.6. The molecule has 1 fully saturated rings. The Balaban J connectivity index is 2.31. The number of carboxylic acids is 1. The molecule has 0 bridgehead atoms. The molecule has 1 aromatic rings. The highest BCUT2D eigenvalue weighted by molar-refractivity contribution is 8.00. The first-order valence-corrected chi connectivity index (χ1v) is 7.19. The molecular weight excluding hydrogens is 250 g/mol. The molecule has 2 rings (SSSR count). The molecule has 0 atom stereocenters. The number of carbonyl (C=O) groups is 2. The van der Waals surface area contributed by atoms with Gasteiger partial charge in [0.05, 0.1) is 0 Å². The quantitative estimate of drug-likeness (QED) is 0.833. The van der Waals surface area contributed by atoms with Crippen LogP contribution in [0.5, 0.6) is 0 Å². The predicted molar refractivity (Wildman–Crippen MR) is 71.5 cm³/mol. The van der Waals surface area contributed by atoms with E-state index in [9.17, 15) is 14.7 Å². The average Bonchev–Trinajstić information content (AvgIpc) is 2.67. The largest absolute Gasteiger partial charge is 0.477 e. The zero-order chi connectivity index (χ0) is 13.3. The van der Waals surface area contributed by atoms with Gasteiger partial charge in [-0.05, 0) is 32.1 Å². The SMILES string of the molecule is CSC1(Cn2cc(C(C)=O)cc2C(=O)O)CCC1. The van der Waals surface area contributed by atoms with Crippen molar-refractivity contribution in [3.63, 3.8) is 0 Å². The Kier molecular flexibility index (Phi) is 3.52. The van der Waals surface area contributed by atoms with E-state index in [-0.39, 0.29) is 16.2 Å². The fourth-order valence-corrected chi connectivity index (χ4v) is 3.29. The van der Waals surface area contributed by atoms with E-state index in [0.29, 0.717) is 12.1 Å². The van der Waals surface area contributed by atoms with E-state index >= 15 is 0 Å². The number of thioether (sulfide) groups is 1. The molecule has 0 aliphatic heterocycles. The Labute approximate surface area is 110 Å². The number of aromatic nitrogens is 1. The number of aromatic carboxylic acids is 1. The molecule has 0 aromatic carbocycles. The summed E-state index contributed by atoms with van der Waals surface area (Å²) in [5.74, 6) is -1.07. The Morgan fingerprint density at radius 3 is 2.56 bits per heavy atom. The Bertz CT molecular complexity index is 483. The lowest BCUT2D eigenvalue weighted by Gasteiger charge is -2.40. The van der Waals surface area contributed by atoms with Crippen LogP contribution in [0.1, 0.15) is 47.0 Å². The van der Waals surface area contributed by atoms with Gasteiger partial charge < -0.3 is 9.67 Å². The monoisotopic (exact) mass is 267 g/mol. The van der Waals surface area contributed by atoms with Gasteiger partial charge in [-0.1, -0.05) is 6.42 Å². The average molecular weight is 267 g/mol. The molecule has 5 heteroatoms. The maximum Gasteiger partial charge on any atom is 0.352 e. The molecule has 1 aliphatic rings. The van der Waals surface area contributed by atoms with Gasteiger partial charge in [-0.25, -0.2) is 4.79 Å². The van der Waals surface area contributed by atoms with Gasteiger partial charge in [-0.2, -0.15) is 11.8 Å². The summed E-state index contributed by atoms with van der Waals surface area (Å²) in [6, 6.07) is 1.47. The van der Waals surface area contributed by atoms with E-state index in [1.165, 1.54) is 19.4 Å². The van der Waals surface area contributed by atoms with Crippen LogP contribution in [0.4, 0.5) is 0 Å². The lowest BCUT2D eigenvalue weighted by atomic mass is 9.84. The lowest BCUT2D eigenvalue weighted by molar-refractivity contribution is 0.0683. The van der Waals surface area contributed by atoms with Crippen LogP contribution < -0.4 is 0 Å². The van der Waals surface area contributed by atoms with E-state index < -0.39 is 5.97 Å². The van der Waals surface area contributed by atoms with Crippen molar-refractivity contribution < 1.29 is 14.7 Å². The summed E-state index contributed by atoms with van der Waals surface area (Å²) in [5, 5.41) is 9.18. The molecule has 0 saturated heterocycles. The fraction of sp³-hybridized carbons (Fsp3) is 0.538. The number of rotatable bonds is 5. The van der Waals surface area contributed by atoms with E-state index in [1.54, 1.807) is 22.5 Å². The summed E-state index contributed by atoms with van der Waals surface area (Å²) in [7, 11) is 0. The molecule has 1 heterocycles. The van der Waals surface area contributed by atoms with E-state index in [4.69, 9.17) is 0 Å². The maximum absolute atomic E-state index is 11.3. The molecule has 1 aliphatic carbocycles. The van der Waals surface area contributed by atoms with Crippen LogP contribution in [0.25, 0.3) is 0 Å².